The number of benzene rings is 2. The van der Waals surface area contributed by atoms with Gasteiger partial charge in [-0.15, -0.1) is 24.0 Å². The molecular weight excluding hydrogens is 485 g/mol. The predicted molar refractivity (Wildman–Crippen MR) is 139 cm³/mol. The molecule has 1 atom stereocenters. The molecule has 0 bridgehead atoms. The third-order valence-electron chi connectivity index (χ3n) is 5.06. The van der Waals surface area contributed by atoms with Crippen molar-refractivity contribution in [1.29, 1.82) is 0 Å². The molecule has 30 heavy (non-hydrogen) atoms. The van der Waals surface area contributed by atoms with Crippen LogP contribution in [-0.2, 0) is 19.6 Å². The minimum Gasteiger partial charge on any atom is -0.356 e. The number of nitrogens with zero attached hydrogens (tertiary/aromatic N) is 3. The second-order valence-electron chi connectivity index (χ2n) is 7.95. The third kappa shape index (κ3) is 9.91. The van der Waals surface area contributed by atoms with Crippen LogP contribution in [0.1, 0.15) is 30.0 Å². The molecule has 2 N–H and O–H groups in total. The van der Waals surface area contributed by atoms with Crippen molar-refractivity contribution in [2.45, 2.75) is 39.0 Å². The van der Waals surface area contributed by atoms with Crippen LogP contribution < -0.4 is 10.6 Å². The van der Waals surface area contributed by atoms with Crippen LogP contribution in [0.4, 0.5) is 0 Å². The van der Waals surface area contributed by atoms with Crippen LogP contribution >= 0.6 is 24.0 Å². The summed E-state index contributed by atoms with van der Waals surface area (Å²) in [6, 6.07) is 19.8. The first-order valence-corrected chi connectivity index (χ1v) is 10.4. The number of halogens is 1. The molecule has 0 fully saturated rings. The lowest BCUT2D eigenvalue weighted by atomic mass is 10.1. The standard InChI is InChI=1S/C24H37N5.HI/c1-20(29(5)19-21-10-7-6-8-11-21)14-15-26-24(25-2)27-17-22-12-9-13-23(16-22)18-28(3)4;/h6-13,16,20H,14-15,17-19H2,1-5H3,(H2,25,26,27);1H. The Morgan fingerprint density at radius 3 is 2.23 bits per heavy atom. The Morgan fingerprint density at radius 2 is 1.57 bits per heavy atom. The van der Waals surface area contributed by atoms with E-state index in [0.717, 1.165) is 38.6 Å². The summed E-state index contributed by atoms with van der Waals surface area (Å²) in [7, 11) is 8.19. The van der Waals surface area contributed by atoms with E-state index in [-0.39, 0.29) is 24.0 Å². The monoisotopic (exact) mass is 523 g/mol. The molecule has 0 aliphatic carbocycles. The van der Waals surface area contributed by atoms with Gasteiger partial charge in [0.25, 0.3) is 0 Å². The number of hydrogen-bond donors (Lipinski definition) is 2. The van der Waals surface area contributed by atoms with Gasteiger partial charge in [-0.05, 0) is 51.2 Å². The highest BCUT2D eigenvalue weighted by Crippen LogP contribution is 2.08. The Labute approximate surface area is 200 Å². The van der Waals surface area contributed by atoms with Crippen molar-refractivity contribution in [3.63, 3.8) is 0 Å². The number of guanidine groups is 1. The average molecular weight is 524 g/mol. The lowest BCUT2D eigenvalue weighted by Crippen LogP contribution is -2.39. The molecule has 1 unspecified atom stereocenters. The summed E-state index contributed by atoms with van der Waals surface area (Å²) in [5.41, 5.74) is 3.94. The number of nitrogens with one attached hydrogen (secondary N) is 2. The molecule has 0 spiro atoms. The molecule has 0 saturated heterocycles. The Balaban J connectivity index is 0.00000450. The number of hydrogen-bond acceptors (Lipinski definition) is 3. The first kappa shape index (κ1) is 26.4. The van der Waals surface area contributed by atoms with E-state index >= 15 is 0 Å². The Hall–Kier alpha value is -1.64. The quantitative estimate of drug-likeness (QED) is 0.281. The van der Waals surface area contributed by atoms with Gasteiger partial charge in [0, 0.05) is 39.3 Å². The van der Waals surface area contributed by atoms with Gasteiger partial charge >= 0.3 is 0 Å². The zero-order chi connectivity index (χ0) is 21.1. The number of aliphatic imine (C=N–C) groups is 1. The van der Waals surface area contributed by atoms with Gasteiger partial charge in [-0.25, -0.2) is 0 Å². The molecular formula is C24H38IN5. The Morgan fingerprint density at radius 1 is 0.900 bits per heavy atom. The molecule has 2 rings (SSSR count). The SMILES string of the molecule is CN=C(NCCC(C)N(C)Cc1ccccc1)NCc1cccc(CN(C)C)c1.I. The van der Waals surface area contributed by atoms with Crippen LogP contribution in [0, 0.1) is 0 Å². The van der Waals surface area contributed by atoms with E-state index in [1.165, 1.54) is 16.7 Å². The largest absolute Gasteiger partial charge is 0.356 e. The van der Waals surface area contributed by atoms with Gasteiger partial charge in [0.05, 0.1) is 0 Å². The molecule has 0 aliphatic heterocycles. The van der Waals surface area contributed by atoms with Crippen LogP contribution in [0.15, 0.2) is 59.6 Å². The molecule has 166 valence electrons. The minimum atomic E-state index is 0. The Bertz CT molecular complexity index is 748. The maximum atomic E-state index is 4.36. The first-order chi connectivity index (χ1) is 14.0. The molecule has 2 aromatic rings. The van der Waals surface area contributed by atoms with Crippen LogP contribution in [-0.4, -0.2) is 56.5 Å². The summed E-state index contributed by atoms with van der Waals surface area (Å²) in [5.74, 6) is 0.848. The van der Waals surface area contributed by atoms with Crippen LogP contribution in [0.2, 0.25) is 0 Å². The van der Waals surface area contributed by atoms with E-state index in [4.69, 9.17) is 0 Å². The molecule has 6 heteroatoms. The zero-order valence-corrected chi connectivity index (χ0v) is 21.4. The van der Waals surface area contributed by atoms with Crippen molar-refractivity contribution in [3.05, 3.63) is 71.3 Å². The smallest absolute Gasteiger partial charge is 0.191 e. The summed E-state index contributed by atoms with van der Waals surface area (Å²) in [4.78, 5) is 8.93. The molecule has 0 saturated carbocycles. The molecule has 0 amide bonds. The van der Waals surface area contributed by atoms with Gasteiger partial charge in [0.2, 0.25) is 0 Å². The highest BCUT2D eigenvalue weighted by Gasteiger charge is 2.10. The van der Waals surface area contributed by atoms with Crippen molar-refractivity contribution >= 4 is 29.9 Å². The van der Waals surface area contributed by atoms with Crippen molar-refractivity contribution in [1.82, 2.24) is 20.4 Å². The fourth-order valence-corrected chi connectivity index (χ4v) is 3.26. The minimum absolute atomic E-state index is 0. The van der Waals surface area contributed by atoms with Gasteiger partial charge in [0.1, 0.15) is 0 Å². The maximum Gasteiger partial charge on any atom is 0.191 e. The highest BCUT2D eigenvalue weighted by molar-refractivity contribution is 14.0. The third-order valence-corrected chi connectivity index (χ3v) is 5.06. The van der Waals surface area contributed by atoms with Gasteiger partial charge < -0.3 is 15.5 Å². The van der Waals surface area contributed by atoms with Crippen molar-refractivity contribution in [2.24, 2.45) is 4.99 Å². The molecule has 5 nitrogen and oxygen atoms in total. The average Bonchev–Trinajstić information content (AvgIpc) is 2.71. The van der Waals surface area contributed by atoms with E-state index in [1.807, 2.05) is 7.05 Å². The Kier molecular flexibility index (Phi) is 12.7. The van der Waals surface area contributed by atoms with Gasteiger partial charge in [-0.3, -0.25) is 9.89 Å². The topological polar surface area (TPSA) is 42.9 Å². The second kappa shape index (κ2) is 14.4. The molecule has 0 heterocycles. The maximum absolute atomic E-state index is 4.36. The summed E-state index contributed by atoms with van der Waals surface area (Å²) in [5, 5.41) is 6.86. The van der Waals surface area contributed by atoms with Gasteiger partial charge in [-0.2, -0.15) is 0 Å². The van der Waals surface area contributed by atoms with Crippen LogP contribution in [0.3, 0.4) is 0 Å². The summed E-state index contributed by atoms with van der Waals surface area (Å²) in [6.07, 6.45) is 1.06. The van der Waals surface area contributed by atoms with E-state index in [0.29, 0.717) is 6.04 Å². The van der Waals surface area contributed by atoms with E-state index in [9.17, 15) is 0 Å². The lowest BCUT2D eigenvalue weighted by Gasteiger charge is -2.25. The summed E-state index contributed by atoms with van der Waals surface area (Å²) < 4.78 is 0. The van der Waals surface area contributed by atoms with Crippen molar-refractivity contribution in [3.8, 4) is 0 Å². The van der Waals surface area contributed by atoms with Gasteiger partial charge in [0.15, 0.2) is 5.96 Å². The lowest BCUT2D eigenvalue weighted by molar-refractivity contribution is 0.238. The molecule has 2 aromatic carbocycles. The zero-order valence-electron chi connectivity index (χ0n) is 19.1. The van der Waals surface area contributed by atoms with Crippen molar-refractivity contribution < 1.29 is 0 Å². The second-order valence-corrected chi connectivity index (χ2v) is 7.95. The normalized spacial score (nSPS) is 12.6. The number of rotatable bonds is 10. The van der Waals surface area contributed by atoms with Crippen LogP contribution in [0.5, 0.6) is 0 Å². The van der Waals surface area contributed by atoms with Crippen LogP contribution in [0.25, 0.3) is 0 Å². The fraction of sp³-hybridized carbons (Fsp3) is 0.458. The predicted octanol–water partition coefficient (Wildman–Crippen LogP) is 3.94. The summed E-state index contributed by atoms with van der Waals surface area (Å²) >= 11 is 0. The van der Waals surface area contributed by atoms with Gasteiger partial charge in [-0.1, -0.05) is 54.6 Å². The molecule has 0 aromatic heterocycles. The highest BCUT2D eigenvalue weighted by atomic mass is 127. The summed E-state index contributed by atoms with van der Waals surface area (Å²) in [6.45, 7) is 5.86. The molecule has 0 radical (unpaired) electrons. The molecule has 0 aliphatic rings. The van der Waals surface area contributed by atoms with Crippen molar-refractivity contribution in [2.75, 3.05) is 34.7 Å². The first-order valence-electron chi connectivity index (χ1n) is 10.4. The van der Waals surface area contributed by atoms with E-state index in [2.05, 4.69) is 108 Å². The fourth-order valence-electron chi connectivity index (χ4n) is 3.26. The van der Waals surface area contributed by atoms with E-state index in [1.54, 1.807) is 0 Å². The van der Waals surface area contributed by atoms with E-state index < -0.39 is 0 Å².